The summed E-state index contributed by atoms with van der Waals surface area (Å²) >= 11 is 5.39. The predicted octanol–water partition coefficient (Wildman–Crippen LogP) is 4.12. The van der Waals surface area contributed by atoms with Crippen LogP contribution in [0.1, 0.15) is 37.7 Å². The molecule has 2 heterocycles. The van der Waals surface area contributed by atoms with Crippen LogP contribution < -0.4 is 0 Å². The van der Waals surface area contributed by atoms with Crippen LogP contribution in [-0.4, -0.2) is 15.0 Å². The smallest absolute Gasteiger partial charge is 0.133 e. The molecule has 0 bridgehead atoms. The number of nitrogens with zero attached hydrogens (tertiary/aromatic N) is 2. The second kappa shape index (κ2) is 4.85. The van der Waals surface area contributed by atoms with Crippen LogP contribution in [0.2, 0.25) is 0 Å². The lowest BCUT2D eigenvalue weighted by molar-refractivity contribution is 0.544. The van der Waals surface area contributed by atoms with Gasteiger partial charge in [0.05, 0.1) is 5.69 Å². The zero-order chi connectivity index (χ0) is 14.2. The Kier molecular flexibility index (Phi) is 3.54. The van der Waals surface area contributed by atoms with E-state index in [1.165, 1.54) is 5.56 Å². The van der Waals surface area contributed by atoms with Crippen LogP contribution in [0.5, 0.6) is 0 Å². The number of hydrogen-bond donors (Lipinski definition) is 1. The summed E-state index contributed by atoms with van der Waals surface area (Å²) in [4.78, 5) is 12.1. The van der Waals surface area contributed by atoms with Crippen molar-refractivity contribution in [3.8, 4) is 11.3 Å². The fourth-order valence-electron chi connectivity index (χ4n) is 1.88. The van der Waals surface area contributed by atoms with Crippen LogP contribution in [0.3, 0.4) is 0 Å². The van der Waals surface area contributed by atoms with Gasteiger partial charge < -0.3 is 4.98 Å². The molecule has 0 saturated carbocycles. The van der Waals surface area contributed by atoms with E-state index in [-0.39, 0.29) is 5.41 Å². The van der Waals surface area contributed by atoms with Gasteiger partial charge in [0, 0.05) is 28.9 Å². The van der Waals surface area contributed by atoms with Crippen molar-refractivity contribution in [3.63, 3.8) is 0 Å². The molecule has 0 aromatic carbocycles. The first-order valence-corrected chi connectivity index (χ1v) is 6.74. The highest BCUT2D eigenvalue weighted by Gasteiger charge is 2.19. The van der Waals surface area contributed by atoms with Crippen LogP contribution in [0.25, 0.3) is 11.3 Å². The molecule has 0 atom stereocenters. The minimum Gasteiger partial charge on any atom is -0.342 e. The monoisotopic (exact) mass is 273 g/mol. The van der Waals surface area contributed by atoms with Gasteiger partial charge in [0.25, 0.3) is 0 Å². The van der Waals surface area contributed by atoms with E-state index in [1.54, 1.807) is 6.20 Å². The highest BCUT2D eigenvalue weighted by molar-refractivity contribution is 7.71. The van der Waals surface area contributed by atoms with Crippen molar-refractivity contribution in [2.75, 3.05) is 0 Å². The second-order valence-corrected chi connectivity index (χ2v) is 6.22. The molecule has 0 unspecified atom stereocenters. The average molecular weight is 273 g/mol. The Bertz CT molecular complexity index is 666. The molecule has 0 amide bonds. The van der Waals surface area contributed by atoms with Crippen molar-refractivity contribution < 1.29 is 0 Å². The molecular formula is C15H19N3S. The summed E-state index contributed by atoms with van der Waals surface area (Å²) in [5.41, 5.74) is 4.22. The maximum absolute atomic E-state index is 5.39. The minimum absolute atomic E-state index is 0.0634. The van der Waals surface area contributed by atoms with E-state index in [0.717, 1.165) is 22.6 Å². The molecule has 1 N–H and O–H groups in total. The van der Waals surface area contributed by atoms with Crippen LogP contribution in [0, 0.1) is 18.5 Å². The van der Waals surface area contributed by atoms with Gasteiger partial charge in [0.2, 0.25) is 0 Å². The lowest BCUT2D eigenvalue weighted by Gasteiger charge is -2.20. The quantitative estimate of drug-likeness (QED) is 0.795. The van der Waals surface area contributed by atoms with Gasteiger partial charge >= 0.3 is 0 Å². The highest BCUT2D eigenvalue weighted by Crippen LogP contribution is 2.27. The summed E-state index contributed by atoms with van der Waals surface area (Å²) in [5.74, 6) is 0.904. The molecule has 0 aliphatic rings. The summed E-state index contributed by atoms with van der Waals surface area (Å²) in [6.07, 6.45) is 3.67. The first-order valence-electron chi connectivity index (χ1n) is 6.33. The van der Waals surface area contributed by atoms with Crippen LogP contribution >= 0.6 is 12.2 Å². The third kappa shape index (κ3) is 2.73. The maximum atomic E-state index is 5.39. The van der Waals surface area contributed by atoms with E-state index in [1.807, 2.05) is 19.2 Å². The number of pyridine rings is 1. The fourth-order valence-corrected chi connectivity index (χ4v) is 2.08. The molecule has 19 heavy (non-hydrogen) atoms. The molecule has 0 spiro atoms. The molecule has 0 aliphatic carbocycles. The van der Waals surface area contributed by atoms with Gasteiger partial charge in [-0.1, -0.05) is 33.0 Å². The lowest BCUT2D eigenvalue weighted by atomic mass is 9.95. The number of rotatable bonds is 1. The van der Waals surface area contributed by atoms with Gasteiger partial charge in [-0.3, -0.25) is 4.98 Å². The van der Waals surface area contributed by atoms with Gasteiger partial charge in [0.15, 0.2) is 0 Å². The number of aromatic nitrogens is 3. The highest BCUT2D eigenvalue weighted by atomic mass is 32.1. The van der Waals surface area contributed by atoms with Crippen molar-refractivity contribution in [2.45, 2.75) is 40.0 Å². The van der Waals surface area contributed by atoms with Gasteiger partial charge in [-0.25, -0.2) is 4.98 Å². The van der Waals surface area contributed by atoms with Gasteiger partial charge in [-0.05, 0) is 25.5 Å². The van der Waals surface area contributed by atoms with Crippen LogP contribution in [-0.2, 0) is 5.41 Å². The van der Waals surface area contributed by atoms with E-state index < -0.39 is 0 Å². The second-order valence-electron chi connectivity index (χ2n) is 5.83. The molecule has 4 heteroatoms. The molecule has 2 aromatic heterocycles. The van der Waals surface area contributed by atoms with E-state index in [4.69, 9.17) is 12.2 Å². The molecule has 100 valence electrons. The molecule has 0 saturated heterocycles. The Morgan fingerprint density at radius 2 is 1.89 bits per heavy atom. The first kappa shape index (κ1) is 13.9. The molecule has 2 rings (SSSR count). The number of aryl methyl sites for hydroxylation is 1. The summed E-state index contributed by atoms with van der Waals surface area (Å²) in [6, 6.07) is 2.00. The van der Waals surface area contributed by atoms with Gasteiger partial charge in [-0.15, -0.1) is 0 Å². The van der Waals surface area contributed by atoms with Gasteiger partial charge in [-0.2, -0.15) is 0 Å². The van der Waals surface area contributed by atoms with Crippen molar-refractivity contribution in [2.24, 2.45) is 0 Å². The Labute approximate surface area is 119 Å². The molecule has 0 radical (unpaired) electrons. The Morgan fingerprint density at radius 1 is 1.21 bits per heavy atom. The standard InChI is InChI=1S/C15H19N3S/c1-9-6-7-16-8-11(9)12-10(2)13(19)18-14(17-12)15(3,4)5/h6-8H,1-5H3,(H,17,18,19). The largest absolute Gasteiger partial charge is 0.342 e. The Morgan fingerprint density at radius 3 is 2.47 bits per heavy atom. The third-order valence-corrected chi connectivity index (χ3v) is 3.57. The molecular weight excluding hydrogens is 254 g/mol. The molecule has 2 aromatic rings. The van der Waals surface area contributed by atoms with Crippen LogP contribution in [0.15, 0.2) is 18.5 Å². The van der Waals surface area contributed by atoms with E-state index in [0.29, 0.717) is 4.64 Å². The predicted molar refractivity (Wildman–Crippen MR) is 80.8 cm³/mol. The number of nitrogens with one attached hydrogen (secondary N) is 1. The summed E-state index contributed by atoms with van der Waals surface area (Å²) in [5, 5.41) is 0. The normalized spacial score (nSPS) is 11.6. The van der Waals surface area contributed by atoms with Gasteiger partial charge in [0.1, 0.15) is 10.5 Å². The topological polar surface area (TPSA) is 41.6 Å². The zero-order valence-electron chi connectivity index (χ0n) is 12.0. The van der Waals surface area contributed by atoms with E-state index in [9.17, 15) is 0 Å². The van der Waals surface area contributed by atoms with Crippen molar-refractivity contribution in [1.29, 1.82) is 0 Å². The lowest BCUT2D eigenvalue weighted by Crippen LogP contribution is -2.17. The first-order chi connectivity index (χ1) is 8.80. The molecule has 0 aliphatic heterocycles. The fraction of sp³-hybridized carbons (Fsp3) is 0.400. The minimum atomic E-state index is -0.0634. The summed E-state index contributed by atoms with van der Waals surface area (Å²) in [6.45, 7) is 10.4. The number of aromatic amines is 1. The maximum Gasteiger partial charge on any atom is 0.133 e. The molecule has 0 fully saturated rings. The molecule has 3 nitrogen and oxygen atoms in total. The van der Waals surface area contributed by atoms with E-state index in [2.05, 4.69) is 42.6 Å². The van der Waals surface area contributed by atoms with E-state index >= 15 is 0 Å². The van der Waals surface area contributed by atoms with Crippen molar-refractivity contribution >= 4 is 12.2 Å². The number of hydrogen-bond acceptors (Lipinski definition) is 3. The SMILES string of the molecule is Cc1ccncc1-c1[nH]c(C(C)(C)C)nc(=S)c1C. The zero-order valence-corrected chi connectivity index (χ0v) is 12.9. The Hall–Kier alpha value is -1.55. The van der Waals surface area contributed by atoms with Crippen molar-refractivity contribution in [1.82, 2.24) is 15.0 Å². The van der Waals surface area contributed by atoms with Crippen LogP contribution in [0.4, 0.5) is 0 Å². The Balaban J connectivity index is 2.74. The van der Waals surface area contributed by atoms with Crippen molar-refractivity contribution in [3.05, 3.63) is 40.1 Å². The summed E-state index contributed by atoms with van der Waals surface area (Å²) in [7, 11) is 0. The third-order valence-electron chi connectivity index (χ3n) is 3.17. The number of H-pyrrole nitrogens is 1. The summed E-state index contributed by atoms with van der Waals surface area (Å²) < 4.78 is 0.655. The average Bonchev–Trinajstić information content (AvgIpc) is 2.32.